The standard InChI is InChI=1S/C19H18Cl2N6O3/c20-13-7-6-12(9-14(13)21)22-19(30)27-25-17(28)10-15-18(29)26-24-16(23-15)8-11-4-2-1-3-5-11/h1-7,9,15H,8,10H2,(H,23,24)(H,25,28)(H,26,29)(H2,22,27,30)/t15-/m0/s1. The number of carbonyl (C=O) groups is 3. The number of urea groups is 1. The quantitative estimate of drug-likeness (QED) is 0.449. The van der Waals surface area contributed by atoms with Crippen molar-refractivity contribution in [1.82, 2.24) is 21.7 Å². The summed E-state index contributed by atoms with van der Waals surface area (Å²) in [4.78, 5) is 40.3. The van der Waals surface area contributed by atoms with Crippen molar-refractivity contribution in [3.63, 3.8) is 0 Å². The monoisotopic (exact) mass is 448 g/mol. The molecule has 0 spiro atoms. The number of aliphatic imine (C=N–C) groups is 1. The number of halogens is 2. The number of hydrogen-bond acceptors (Lipinski definition) is 5. The maximum atomic E-state index is 12.1. The van der Waals surface area contributed by atoms with Crippen LogP contribution in [0.25, 0.3) is 0 Å². The Morgan fingerprint density at radius 2 is 1.77 bits per heavy atom. The first kappa shape index (κ1) is 21.4. The normalized spacial score (nSPS) is 15.3. The van der Waals surface area contributed by atoms with E-state index in [4.69, 9.17) is 23.2 Å². The van der Waals surface area contributed by atoms with Crippen LogP contribution in [0, 0.1) is 0 Å². The first-order valence-electron chi connectivity index (χ1n) is 8.88. The third-order valence-electron chi connectivity index (χ3n) is 4.03. The van der Waals surface area contributed by atoms with Crippen LogP contribution in [0.2, 0.25) is 10.0 Å². The highest BCUT2D eigenvalue weighted by molar-refractivity contribution is 6.42. The molecule has 9 nitrogen and oxygen atoms in total. The average Bonchev–Trinajstić information content (AvgIpc) is 2.72. The van der Waals surface area contributed by atoms with Gasteiger partial charge in [-0.05, 0) is 23.8 Å². The Morgan fingerprint density at radius 3 is 2.50 bits per heavy atom. The molecule has 2 aromatic carbocycles. The van der Waals surface area contributed by atoms with Crippen molar-refractivity contribution in [3.05, 3.63) is 64.1 Å². The van der Waals surface area contributed by atoms with Crippen LogP contribution in [0.3, 0.4) is 0 Å². The fourth-order valence-electron chi connectivity index (χ4n) is 2.60. The van der Waals surface area contributed by atoms with Gasteiger partial charge in [-0.25, -0.2) is 10.2 Å². The number of hydrazine groups is 2. The molecule has 3 rings (SSSR count). The van der Waals surface area contributed by atoms with Crippen LogP contribution in [0.1, 0.15) is 12.0 Å². The maximum absolute atomic E-state index is 12.1. The second-order valence-corrected chi connectivity index (χ2v) is 7.14. The van der Waals surface area contributed by atoms with Gasteiger partial charge in [0.2, 0.25) is 5.91 Å². The molecular formula is C19H18Cl2N6O3. The molecule has 0 fully saturated rings. The Balaban J connectivity index is 1.50. The van der Waals surface area contributed by atoms with Gasteiger partial charge in [-0.15, -0.1) is 0 Å². The summed E-state index contributed by atoms with van der Waals surface area (Å²) in [6, 6.07) is 12.5. The molecule has 156 valence electrons. The molecule has 1 aliphatic heterocycles. The van der Waals surface area contributed by atoms with Gasteiger partial charge in [0.15, 0.2) is 0 Å². The molecule has 5 N–H and O–H groups in total. The molecule has 30 heavy (non-hydrogen) atoms. The van der Waals surface area contributed by atoms with Gasteiger partial charge in [-0.3, -0.25) is 30.9 Å². The van der Waals surface area contributed by atoms with Gasteiger partial charge in [0.1, 0.15) is 11.9 Å². The molecule has 0 saturated heterocycles. The number of nitrogens with zero attached hydrogens (tertiary/aromatic N) is 1. The van der Waals surface area contributed by atoms with Crippen LogP contribution < -0.4 is 27.0 Å². The topological polar surface area (TPSA) is 124 Å². The van der Waals surface area contributed by atoms with Crippen molar-refractivity contribution < 1.29 is 14.4 Å². The van der Waals surface area contributed by atoms with Gasteiger partial charge in [0, 0.05) is 12.1 Å². The molecule has 1 heterocycles. The predicted molar refractivity (Wildman–Crippen MR) is 114 cm³/mol. The summed E-state index contributed by atoms with van der Waals surface area (Å²) < 4.78 is 0. The van der Waals surface area contributed by atoms with Crippen molar-refractivity contribution in [2.75, 3.05) is 5.32 Å². The van der Waals surface area contributed by atoms with E-state index in [1.165, 1.54) is 12.1 Å². The summed E-state index contributed by atoms with van der Waals surface area (Å²) in [7, 11) is 0. The van der Waals surface area contributed by atoms with Crippen molar-refractivity contribution in [3.8, 4) is 0 Å². The van der Waals surface area contributed by atoms with Crippen LogP contribution in [-0.2, 0) is 16.0 Å². The van der Waals surface area contributed by atoms with E-state index >= 15 is 0 Å². The molecule has 0 bridgehead atoms. The van der Waals surface area contributed by atoms with E-state index in [0.29, 0.717) is 23.0 Å². The smallest absolute Gasteiger partial charge is 0.307 e. The first-order valence-corrected chi connectivity index (χ1v) is 9.63. The second-order valence-electron chi connectivity index (χ2n) is 6.33. The molecule has 11 heteroatoms. The minimum atomic E-state index is -0.912. The molecule has 0 aromatic heterocycles. The number of nitrogens with one attached hydrogen (secondary N) is 5. The van der Waals surface area contributed by atoms with Crippen molar-refractivity contribution in [1.29, 1.82) is 0 Å². The molecule has 1 aliphatic rings. The zero-order valence-electron chi connectivity index (χ0n) is 15.5. The summed E-state index contributed by atoms with van der Waals surface area (Å²) in [5, 5.41) is 3.12. The molecular weight excluding hydrogens is 431 g/mol. The van der Waals surface area contributed by atoms with Gasteiger partial charge in [-0.2, -0.15) is 0 Å². The highest BCUT2D eigenvalue weighted by Crippen LogP contribution is 2.24. The van der Waals surface area contributed by atoms with Gasteiger partial charge >= 0.3 is 6.03 Å². The minimum Gasteiger partial charge on any atom is -0.307 e. The minimum absolute atomic E-state index is 0.237. The van der Waals surface area contributed by atoms with E-state index in [0.717, 1.165) is 5.56 Å². The maximum Gasteiger partial charge on any atom is 0.337 e. The Hall–Kier alpha value is -3.30. The Kier molecular flexibility index (Phi) is 7.10. The van der Waals surface area contributed by atoms with Crippen molar-refractivity contribution in [2.45, 2.75) is 18.9 Å². The largest absolute Gasteiger partial charge is 0.337 e. The summed E-state index contributed by atoms with van der Waals surface area (Å²) in [5.41, 5.74) is 11.0. The Labute approximate surface area is 182 Å². The van der Waals surface area contributed by atoms with E-state index in [-0.39, 0.29) is 11.4 Å². The fraction of sp³-hybridized carbons (Fsp3) is 0.158. The van der Waals surface area contributed by atoms with Crippen molar-refractivity contribution >= 4 is 52.6 Å². The number of rotatable bonds is 5. The molecule has 0 unspecified atom stereocenters. The fourth-order valence-corrected chi connectivity index (χ4v) is 2.90. The molecule has 1 atom stereocenters. The number of anilines is 1. The van der Waals surface area contributed by atoms with Crippen LogP contribution in [0.5, 0.6) is 0 Å². The lowest BCUT2D eigenvalue weighted by Gasteiger charge is -2.22. The third-order valence-corrected chi connectivity index (χ3v) is 4.77. The van der Waals surface area contributed by atoms with E-state index < -0.39 is 23.9 Å². The number of carbonyl (C=O) groups excluding carboxylic acids is 3. The van der Waals surface area contributed by atoms with Crippen LogP contribution in [-0.4, -0.2) is 29.7 Å². The van der Waals surface area contributed by atoms with E-state index in [2.05, 4.69) is 32.0 Å². The molecule has 4 amide bonds. The average molecular weight is 449 g/mol. The molecule has 0 aliphatic carbocycles. The van der Waals surface area contributed by atoms with Crippen LogP contribution in [0.15, 0.2) is 53.5 Å². The number of amidine groups is 1. The summed E-state index contributed by atoms with van der Waals surface area (Å²) in [6.45, 7) is 0. The van der Waals surface area contributed by atoms with E-state index in [1.807, 2.05) is 30.3 Å². The van der Waals surface area contributed by atoms with E-state index in [1.54, 1.807) is 6.07 Å². The summed E-state index contributed by atoms with van der Waals surface area (Å²) >= 11 is 11.7. The predicted octanol–water partition coefficient (Wildman–Crippen LogP) is 2.18. The van der Waals surface area contributed by atoms with Gasteiger partial charge < -0.3 is 5.32 Å². The SMILES string of the molecule is O=C(C[C@@H]1N=C(Cc2ccccc2)NNC1=O)NNC(=O)Nc1ccc(Cl)c(Cl)c1. The van der Waals surface area contributed by atoms with Gasteiger partial charge in [0.25, 0.3) is 5.91 Å². The lowest BCUT2D eigenvalue weighted by molar-refractivity contribution is -0.128. The highest BCUT2D eigenvalue weighted by atomic mass is 35.5. The highest BCUT2D eigenvalue weighted by Gasteiger charge is 2.26. The van der Waals surface area contributed by atoms with Gasteiger partial charge in [0.05, 0.1) is 16.5 Å². The lowest BCUT2D eigenvalue weighted by atomic mass is 10.1. The summed E-state index contributed by atoms with van der Waals surface area (Å²) in [5.74, 6) is -0.490. The van der Waals surface area contributed by atoms with Crippen molar-refractivity contribution in [2.24, 2.45) is 4.99 Å². The van der Waals surface area contributed by atoms with Crippen LogP contribution >= 0.6 is 23.2 Å². The number of hydrogen-bond donors (Lipinski definition) is 5. The molecule has 0 radical (unpaired) electrons. The molecule has 2 aromatic rings. The zero-order valence-corrected chi connectivity index (χ0v) is 17.1. The first-order chi connectivity index (χ1) is 14.4. The molecule has 0 saturated carbocycles. The third kappa shape index (κ3) is 6.10. The second kappa shape index (κ2) is 9.95. The van der Waals surface area contributed by atoms with E-state index in [9.17, 15) is 14.4 Å². The number of amides is 4. The summed E-state index contributed by atoms with van der Waals surface area (Å²) in [6.07, 6.45) is 0.238. The Bertz CT molecular complexity index is 983. The van der Waals surface area contributed by atoms with Crippen LogP contribution in [0.4, 0.5) is 10.5 Å². The number of benzene rings is 2. The zero-order chi connectivity index (χ0) is 21.5. The van der Waals surface area contributed by atoms with Gasteiger partial charge in [-0.1, -0.05) is 53.5 Å². The Morgan fingerprint density at radius 1 is 1.00 bits per heavy atom. The lowest BCUT2D eigenvalue weighted by Crippen LogP contribution is -2.53.